The molecular formula is C20H26N6OS. The number of morpholine rings is 1. The summed E-state index contributed by atoms with van der Waals surface area (Å²) in [4.78, 5) is 18.7. The summed E-state index contributed by atoms with van der Waals surface area (Å²) in [5.74, 6) is 2.68. The number of anilines is 2. The Morgan fingerprint density at radius 3 is 2.71 bits per heavy atom. The second-order valence-electron chi connectivity index (χ2n) is 6.91. The molecule has 0 bridgehead atoms. The lowest BCUT2D eigenvalue weighted by Crippen LogP contribution is -2.36. The van der Waals surface area contributed by atoms with Gasteiger partial charge in [-0.25, -0.2) is 15.0 Å². The number of thiophene rings is 1. The minimum absolute atomic E-state index is 0.758. The van der Waals surface area contributed by atoms with E-state index in [4.69, 9.17) is 14.7 Å². The molecule has 2 N–H and O–H groups in total. The highest BCUT2D eigenvalue weighted by Crippen LogP contribution is 2.33. The molecule has 0 unspecified atom stereocenters. The Bertz CT molecular complexity index is 923. The van der Waals surface area contributed by atoms with Crippen molar-refractivity contribution in [2.75, 3.05) is 50.0 Å². The van der Waals surface area contributed by atoms with E-state index in [1.54, 1.807) is 17.5 Å². The van der Waals surface area contributed by atoms with Gasteiger partial charge in [0, 0.05) is 37.3 Å². The van der Waals surface area contributed by atoms with E-state index in [0.29, 0.717) is 0 Å². The number of ether oxygens (including phenoxy) is 1. The van der Waals surface area contributed by atoms with Crippen LogP contribution in [0.5, 0.6) is 0 Å². The molecule has 0 aromatic carbocycles. The third-order valence-electron chi connectivity index (χ3n) is 4.93. The van der Waals surface area contributed by atoms with Gasteiger partial charge in [-0.1, -0.05) is 6.07 Å². The van der Waals surface area contributed by atoms with Crippen LogP contribution in [0.1, 0.15) is 16.3 Å². The van der Waals surface area contributed by atoms with Gasteiger partial charge in [0.25, 0.3) is 0 Å². The third kappa shape index (κ3) is 4.40. The zero-order valence-electron chi connectivity index (χ0n) is 16.4. The summed E-state index contributed by atoms with van der Waals surface area (Å²) in [6.07, 6.45) is 1.79. The second kappa shape index (κ2) is 8.81. The van der Waals surface area contributed by atoms with Gasteiger partial charge in [0.05, 0.1) is 25.1 Å². The second-order valence-corrected chi connectivity index (χ2v) is 8.11. The number of fused-ring (bicyclic) bond motifs is 1. The van der Waals surface area contributed by atoms with Crippen LogP contribution in [0.25, 0.3) is 10.2 Å². The Morgan fingerprint density at radius 2 is 1.93 bits per heavy atom. The van der Waals surface area contributed by atoms with Gasteiger partial charge in [0.1, 0.15) is 22.3 Å². The van der Waals surface area contributed by atoms with Crippen LogP contribution in [0.3, 0.4) is 0 Å². The molecule has 28 heavy (non-hydrogen) atoms. The predicted molar refractivity (Wildman–Crippen MR) is 114 cm³/mol. The van der Waals surface area contributed by atoms with Crippen LogP contribution in [0.4, 0.5) is 11.6 Å². The molecule has 3 aromatic heterocycles. The molecule has 1 aliphatic rings. The van der Waals surface area contributed by atoms with E-state index in [1.165, 1.54) is 10.4 Å². The maximum absolute atomic E-state index is 5.45. The highest BCUT2D eigenvalue weighted by Gasteiger charge is 2.17. The number of hydrogen-bond donors (Lipinski definition) is 2. The molecule has 0 amide bonds. The van der Waals surface area contributed by atoms with Crippen LogP contribution in [-0.2, 0) is 11.3 Å². The van der Waals surface area contributed by atoms with E-state index < -0.39 is 0 Å². The fraction of sp³-hybridized carbons (Fsp3) is 0.450. The van der Waals surface area contributed by atoms with Gasteiger partial charge in [-0.05, 0) is 31.5 Å². The Labute approximate surface area is 169 Å². The van der Waals surface area contributed by atoms with Crippen molar-refractivity contribution < 1.29 is 4.74 Å². The lowest BCUT2D eigenvalue weighted by atomic mass is 10.2. The average molecular weight is 399 g/mol. The molecule has 8 heteroatoms. The van der Waals surface area contributed by atoms with Gasteiger partial charge in [-0.2, -0.15) is 0 Å². The van der Waals surface area contributed by atoms with Crippen molar-refractivity contribution in [2.45, 2.75) is 20.4 Å². The molecule has 4 heterocycles. The van der Waals surface area contributed by atoms with Crippen LogP contribution < -0.4 is 10.6 Å². The molecule has 1 aliphatic heterocycles. The van der Waals surface area contributed by atoms with E-state index in [1.807, 2.05) is 18.2 Å². The van der Waals surface area contributed by atoms with E-state index in [0.717, 1.165) is 73.6 Å². The molecule has 0 saturated carbocycles. The van der Waals surface area contributed by atoms with Crippen LogP contribution in [-0.4, -0.2) is 59.2 Å². The summed E-state index contributed by atoms with van der Waals surface area (Å²) >= 11 is 1.75. The minimum Gasteiger partial charge on any atom is -0.379 e. The molecule has 0 aliphatic carbocycles. The highest BCUT2D eigenvalue weighted by molar-refractivity contribution is 7.18. The number of nitrogens with zero attached hydrogens (tertiary/aromatic N) is 4. The number of hydrogen-bond acceptors (Lipinski definition) is 8. The number of aromatic nitrogens is 3. The zero-order valence-corrected chi connectivity index (χ0v) is 17.2. The Kier molecular flexibility index (Phi) is 5.99. The Balaban J connectivity index is 1.49. The fourth-order valence-corrected chi connectivity index (χ4v) is 4.34. The van der Waals surface area contributed by atoms with Crippen molar-refractivity contribution in [3.8, 4) is 0 Å². The van der Waals surface area contributed by atoms with Crippen LogP contribution in [0.15, 0.2) is 24.4 Å². The molecule has 1 saturated heterocycles. The van der Waals surface area contributed by atoms with Gasteiger partial charge >= 0.3 is 0 Å². The Morgan fingerprint density at radius 1 is 1.11 bits per heavy atom. The summed E-state index contributed by atoms with van der Waals surface area (Å²) in [5.41, 5.74) is 1.26. The van der Waals surface area contributed by atoms with Crippen molar-refractivity contribution in [2.24, 2.45) is 0 Å². The molecule has 0 radical (unpaired) electrons. The Hall–Kier alpha value is -2.29. The smallest absolute Gasteiger partial charge is 0.146 e. The van der Waals surface area contributed by atoms with E-state index in [9.17, 15) is 0 Å². The van der Waals surface area contributed by atoms with Crippen molar-refractivity contribution in [3.05, 3.63) is 40.7 Å². The summed E-state index contributed by atoms with van der Waals surface area (Å²) in [6, 6.07) is 5.86. The zero-order chi connectivity index (χ0) is 19.3. The van der Waals surface area contributed by atoms with Crippen molar-refractivity contribution in [1.82, 2.24) is 19.9 Å². The van der Waals surface area contributed by atoms with Gasteiger partial charge in [0.15, 0.2) is 0 Å². The van der Waals surface area contributed by atoms with E-state index in [-0.39, 0.29) is 0 Å². The first-order valence-electron chi connectivity index (χ1n) is 9.66. The maximum atomic E-state index is 5.45. The number of rotatable bonds is 7. The fourth-order valence-electron chi connectivity index (χ4n) is 3.29. The maximum Gasteiger partial charge on any atom is 0.146 e. The summed E-state index contributed by atoms with van der Waals surface area (Å²) in [6.45, 7) is 10.0. The summed E-state index contributed by atoms with van der Waals surface area (Å²) in [5, 5.41) is 7.98. The summed E-state index contributed by atoms with van der Waals surface area (Å²) in [7, 11) is 0. The highest BCUT2D eigenvalue weighted by atomic mass is 32.1. The first kappa shape index (κ1) is 19.0. The molecule has 148 valence electrons. The first-order chi connectivity index (χ1) is 13.7. The largest absolute Gasteiger partial charge is 0.379 e. The standard InChI is InChI=1S/C20H26N6OS/c1-14-15(2)28-20-18(14)19(23-8-7-22-16-5-3-4-6-21-16)24-17(25-20)13-26-9-11-27-12-10-26/h3-6H,7-13H2,1-2H3,(H,21,22)(H,23,24,25). The van der Waals surface area contributed by atoms with Gasteiger partial charge in [-0.3, -0.25) is 4.90 Å². The molecule has 0 atom stereocenters. The predicted octanol–water partition coefficient (Wildman–Crippen LogP) is 3.06. The van der Waals surface area contributed by atoms with Crippen molar-refractivity contribution >= 4 is 33.2 Å². The molecule has 1 fully saturated rings. The van der Waals surface area contributed by atoms with Gasteiger partial charge < -0.3 is 15.4 Å². The van der Waals surface area contributed by atoms with Crippen molar-refractivity contribution in [1.29, 1.82) is 0 Å². The van der Waals surface area contributed by atoms with E-state index in [2.05, 4.69) is 34.4 Å². The number of aryl methyl sites for hydroxylation is 2. The molecule has 7 nitrogen and oxygen atoms in total. The molecular weight excluding hydrogens is 372 g/mol. The van der Waals surface area contributed by atoms with Gasteiger partial charge in [-0.15, -0.1) is 11.3 Å². The minimum atomic E-state index is 0.758. The molecule has 0 spiro atoms. The quantitative estimate of drug-likeness (QED) is 0.593. The average Bonchev–Trinajstić information content (AvgIpc) is 3.00. The number of pyridine rings is 1. The van der Waals surface area contributed by atoms with Gasteiger partial charge in [0.2, 0.25) is 0 Å². The summed E-state index contributed by atoms with van der Waals surface area (Å²) < 4.78 is 5.45. The van der Waals surface area contributed by atoms with E-state index >= 15 is 0 Å². The van der Waals surface area contributed by atoms with Crippen LogP contribution in [0, 0.1) is 13.8 Å². The third-order valence-corrected chi connectivity index (χ3v) is 6.03. The number of nitrogens with one attached hydrogen (secondary N) is 2. The monoisotopic (exact) mass is 398 g/mol. The molecule has 3 aromatic rings. The van der Waals surface area contributed by atoms with Crippen LogP contribution >= 0.6 is 11.3 Å². The lowest BCUT2D eigenvalue weighted by Gasteiger charge is -2.25. The van der Waals surface area contributed by atoms with Crippen molar-refractivity contribution in [3.63, 3.8) is 0 Å². The van der Waals surface area contributed by atoms with Crippen LogP contribution in [0.2, 0.25) is 0 Å². The lowest BCUT2D eigenvalue weighted by molar-refractivity contribution is 0.0331. The SMILES string of the molecule is Cc1sc2nc(CN3CCOCC3)nc(NCCNc3ccccn3)c2c1C. The first-order valence-corrected chi connectivity index (χ1v) is 10.5. The topological polar surface area (TPSA) is 75.2 Å². The normalized spacial score (nSPS) is 15.1. The molecule has 4 rings (SSSR count).